The summed E-state index contributed by atoms with van der Waals surface area (Å²) < 4.78 is 5.15. The van der Waals surface area contributed by atoms with Gasteiger partial charge in [0, 0.05) is 12.6 Å². The zero-order valence-electron chi connectivity index (χ0n) is 13.4. The van der Waals surface area contributed by atoms with E-state index in [1.54, 1.807) is 7.11 Å². The van der Waals surface area contributed by atoms with Gasteiger partial charge in [-0.3, -0.25) is 4.99 Å². The summed E-state index contributed by atoms with van der Waals surface area (Å²) >= 11 is 0. The van der Waals surface area contributed by atoms with Gasteiger partial charge in [0.25, 0.3) is 0 Å². The molecule has 4 nitrogen and oxygen atoms in total. The number of guanidine groups is 1. The third-order valence-electron chi connectivity index (χ3n) is 4.02. The van der Waals surface area contributed by atoms with Crippen LogP contribution in [0.5, 0.6) is 5.75 Å². The monoisotopic (exact) mass is 417 g/mol. The highest BCUT2D eigenvalue weighted by Gasteiger charge is 2.12. The van der Waals surface area contributed by atoms with Gasteiger partial charge >= 0.3 is 0 Å². The average Bonchev–Trinajstić information content (AvgIpc) is 2.53. The molecule has 1 aromatic rings. The van der Waals surface area contributed by atoms with E-state index >= 15 is 0 Å². The normalized spacial score (nSPS) is 16.0. The highest BCUT2D eigenvalue weighted by Crippen LogP contribution is 2.17. The van der Waals surface area contributed by atoms with Gasteiger partial charge in [0.2, 0.25) is 0 Å². The van der Waals surface area contributed by atoms with E-state index < -0.39 is 0 Å². The molecule has 0 saturated heterocycles. The molecule has 0 unspecified atom stereocenters. The Hall–Kier alpha value is -0.980. The number of aliphatic imine (C=N–C) groups is 1. The van der Waals surface area contributed by atoms with E-state index in [0.717, 1.165) is 25.1 Å². The number of aryl methyl sites for hydroxylation is 1. The maximum absolute atomic E-state index is 5.94. The standard InChI is InChI=1S/C17H27N3O.HI/c1-21-16-11-9-14(10-12-16)6-5-13-19-17(18)20-15-7-3-2-4-8-15;/h9-12,15H,2-8,13H2,1H3,(H3,18,19,20);1H. The number of ether oxygens (including phenoxy) is 1. The number of halogens is 1. The van der Waals surface area contributed by atoms with E-state index in [2.05, 4.69) is 22.4 Å². The molecular weight excluding hydrogens is 389 g/mol. The molecule has 0 amide bonds. The number of benzene rings is 1. The molecule has 5 heteroatoms. The molecule has 0 aromatic heterocycles. The van der Waals surface area contributed by atoms with Gasteiger partial charge in [0.15, 0.2) is 5.96 Å². The number of nitrogens with one attached hydrogen (secondary N) is 1. The highest BCUT2D eigenvalue weighted by atomic mass is 127. The second-order valence-electron chi connectivity index (χ2n) is 5.70. The molecule has 0 heterocycles. The second-order valence-corrected chi connectivity index (χ2v) is 5.70. The molecule has 0 atom stereocenters. The van der Waals surface area contributed by atoms with E-state index in [1.165, 1.54) is 37.7 Å². The molecule has 1 aromatic carbocycles. The van der Waals surface area contributed by atoms with E-state index in [9.17, 15) is 0 Å². The lowest BCUT2D eigenvalue weighted by Crippen LogP contribution is -2.41. The van der Waals surface area contributed by atoms with E-state index in [0.29, 0.717) is 12.0 Å². The van der Waals surface area contributed by atoms with Crippen molar-refractivity contribution >= 4 is 29.9 Å². The topological polar surface area (TPSA) is 59.6 Å². The molecule has 1 saturated carbocycles. The zero-order chi connectivity index (χ0) is 14.9. The number of rotatable bonds is 6. The van der Waals surface area contributed by atoms with Crippen molar-refractivity contribution in [2.45, 2.75) is 51.0 Å². The Labute approximate surface area is 150 Å². The molecule has 1 aliphatic rings. The predicted octanol–water partition coefficient (Wildman–Crippen LogP) is 3.48. The molecule has 124 valence electrons. The van der Waals surface area contributed by atoms with Crippen LogP contribution in [0.25, 0.3) is 0 Å². The van der Waals surface area contributed by atoms with Crippen LogP contribution in [0, 0.1) is 0 Å². The Balaban J connectivity index is 0.00000242. The molecule has 22 heavy (non-hydrogen) atoms. The third-order valence-corrected chi connectivity index (χ3v) is 4.02. The van der Waals surface area contributed by atoms with Crippen molar-refractivity contribution in [3.63, 3.8) is 0 Å². The summed E-state index contributed by atoms with van der Waals surface area (Å²) in [5.74, 6) is 1.51. The van der Waals surface area contributed by atoms with Crippen LogP contribution in [0.2, 0.25) is 0 Å². The van der Waals surface area contributed by atoms with Crippen LogP contribution in [0.3, 0.4) is 0 Å². The van der Waals surface area contributed by atoms with Crippen LogP contribution in [0.4, 0.5) is 0 Å². The Kier molecular flexibility index (Phi) is 9.27. The summed E-state index contributed by atoms with van der Waals surface area (Å²) in [6.07, 6.45) is 8.45. The molecule has 0 bridgehead atoms. The fourth-order valence-corrected chi connectivity index (χ4v) is 2.78. The highest BCUT2D eigenvalue weighted by molar-refractivity contribution is 14.0. The lowest BCUT2D eigenvalue weighted by Gasteiger charge is -2.23. The summed E-state index contributed by atoms with van der Waals surface area (Å²) in [5.41, 5.74) is 7.25. The molecule has 1 aliphatic carbocycles. The number of nitrogens with two attached hydrogens (primary N) is 1. The van der Waals surface area contributed by atoms with Gasteiger partial charge in [-0.2, -0.15) is 0 Å². The van der Waals surface area contributed by atoms with Gasteiger partial charge in [0.1, 0.15) is 5.75 Å². The largest absolute Gasteiger partial charge is 0.497 e. The van der Waals surface area contributed by atoms with E-state index in [1.807, 2.05) is 12.1 Å². The first kappa shape index (κ1) is 19.1. The van der Waals surface area contributed by atoms with Crippen molar-refractivity contribution in [2.24, 2.45) is 10.7 Å². The van der Waals surface area contributed by atoms with Crippen molar-refractivity contribution in [3.05, 3.63) is 29.8 Å². The molecule has 1 fully saturated rings. The van der Waals surface area contributed by atoms with E-state index in [4.69, 9.17) is 10.5 Å². The molecule has 3 N–H and O–H groups in total. The Bertz CT molecular complexity index is 442. The zero-order valence-corrected chi connectivity index (χ0v) is 15.7. The molecule has 0 spiro atoms. The SMILES string of the molecule is COc1ccc(CCCN=C(N)NC2CCCCC2)cc1.I. The van der Waals surface area contributed by atoms with E-state index in [-0.39, 0.29) is 24.0 Å². The van der Waals surface area contributed by atoms with Crippen LogP contribution in [-0.4, -0.2) is 25.7 Å². The maximum Gasteiger partial charge on any atom is 0.188 e. The summed E-state index contributed by atoms with van der Waals surface area (Å²) in [6.45, 7) is 0.775. The van der Waals surface area contributed by atoms with Crippen LogP contribution >= 0.6 is 24.0 Å². The molecule has 0 radical (unpaired) electrons. The van der Waals surface area contributed by atoms with Gasteiger partial charge < -0.3 is 15.8 Å². The van der Waals surface area contributed by atoms with Gasteiger partial charge in [-0.1, -0.05) is 31.4 Å². The van der Waals surface area contributed by atoms with Gasteiger partial charge in [-0.15, -0.1) is 24.0 Å². The quantitative estimate of drug-likeness (QED) is 0.323. The lowest BCUT2D eigenvalue weighted by atomic mass is 9.96. The Morgan fingerprint density at radius 3 is 2.55 bits per heavy atom. The first-order valence-electron chi connectivity index (χ1n) is 7.97. The van der Waals surface area contributed by atoms with Crippen LogP contribution in [0.15, 0.2) is 29.3 Å². The van der Waals surface area contributed by atoms with Crippen molar-refractivity contribution in [1.29, 1.82) is 0 Å². The number of hydrogen-bond acceptors (Lipinski definition) is 2. The van der Waals surface area contributed by atoms with Gasteiger partial charge in [0.05, 0.1) is 7.11 Å². The minimum Gasteiger partial charge on any atom is -0.497 e. The van der Waals surface area contributed by atoms with Crippen molar-refractivity contribution in [1.82, 2.24) is 5.32 Å². The summed E-state index contributed by atoms with van der Waals surface area (Å²) in [7, 11) is 1.69. The molecule has 2 rings (SSSR count). The number of methoxy groups -OCH3 is 1. The number of hydrogen-bond donors (Lipinski definition) is 2. The lowest BCUT2D eigenvalue weighted by molar-refractivity contribution is 0.412. The maximum atomic E-state index is 5.94. The summed E-state index contributed by atoms with van der Waals surface area (Å²) in [6, 6.07) is 8.73. The first-order valence-corrected chi connectivity index (χ1v) is 7.97. The summed E-state index contributed by atoms with van der Waals surface area (Å²) in [4.78, 5) is 4.43. The predicted molar refractivity (Wildman–Crippen MR) is 103 cm³/mol. The van der Waals surface area contributed by atoms with Crippen LogP contribution in [0.1, 0.15) is 44.1 Å². The first-order chi connectivity index (χ1) is 10.3. The molecule has 0 aliphatic heterocycles. The third kappa shape index (κ3) is 6.85. The van der Waals surface area contributed by atoms with Gasteiger partial charge in [-0.25, -0.2) is 0 Å². The second kappa shape index (κ2) is 10.7. The van der Waals surface area contributed by atoms with Crippen molar-refractivity contribution in [2.75, 3.05) is 13.7 Å². The fourth-order valence-electron chi connectivity index (χ4n) is 2.78. The van der Waals surface area contributed by atoms with Crippen molar-refractivity contribution < 1.29 is 4.74 Å². The minimum absolute atomic E-state index is 0. The van der Waals surface area contributed by atoms with Crippen molar-refractivity contribution in [3.8, 4) is 5.75 Å². The average molecular weight is 417 g/mol. The summed E-state index contributed by atoms with van der Waals surface area (Å²) in [5, 5.41) is 3.34. The smallest absolute Gasteiger partial charge is 0.188 e. The fraction of sp³-hybridized carbons (Fsp3) is 0.588. The number of nitrogens with zero attached hydrogens (tertiary/aromatic N) is 1. The Morgan fingerprint density at radius 1 is 1.23 bits per heavy atom. The van der Waals surface area contributed by atoms with Crippen LogP contribution in [-0.2, 0) is 6.42 Å². The van der Waals surface area contributed by atoms with Crippen LogP contribution < -0.4 is 15.8 Å². The Morgan fingerprint density at radius 2 is 1.91 bits per heavy atom. The molecular formula is C17H28IN3O. The van der Waals surface area contributed by atoms with Gasteiger partial charge in [-0.05, 0) is 43.4 Å². The minimum atomic E-state index is 0.